The Bertz CT molecular complexity index is 518. The molecule has 2 N–H and O–H groups in total. The summed E-state index contributed by atoms with van der Waals surface area (Å²) in [5, 5.41) is 0. The van der Waals surface area contributed by atoms with E-state index < -0.39 is 23.3 Å². The van der Waals surface area contributed by atoms with E-state index in [1.54, 1.807) is 26.2 Å². The number of rotatable bonds is 3. The van der Waals surface area contributed by atoms with Gasteiger partial charge in [-0.1, -0.05) is 26.0 Å². The quantitative estimate of drug-likeness (QED) is 0.904. The number of aryl methyl sites for hydroxylation is 1. The van der Waals surface area contributed by atoms with Gasteiger partial charge in [-0.2, -0.15) is 0 Å². The van der Waals surface area contributed by atoms with Crippen LogP contribution in [0.15, 0.2) is 12.1 Å². The van der Waals surface area contributed by atoms with Crippen LogP contribution in [0.3, 0.4) is 0 Å². The third-order valence-corrected chi connectivity index (χ3v) is 5.06. The zero-order valence-electron chi connectivity index (χ0n) is 13.3. The number of halogens is 2. The molecule has 1 fully saturated rings. The molecule has 0 saturated heterocycles. The van der Waals surface area contributed by atoms with Crippen LogP contribution in [0.25, 0.3) is 0 Å². The Morgan fingerprint density at radius 2 is 1.67 bits per heavy atom. The maximum absolute atomic E-state index is 14.2. The summed E-state index contributed by atoms with van der Waals surface area (Å²) in [5.74, 6) is -1.66. The van der Waals surface area contributed by atoms with Crippen molar-refractivity contribution < 1.29 is 13.5 Å². The summed E-state index contributed by atoms with van der Waals surface area (Å²) in [6, 6.07) is 2.50. The van der Waals surface area contributed by atoms with Gasteiger partial charge in [-0.05, 0) is 43.6 Å². The van der Waals surface area contributed by atoms with Crippen molar-refractivity contribution >= 4 is 0 Å². The van der Waals surface area contributed by atoms with Crippen molar-refractivity contribution in [2.24, 2.45) is 11.1 Å². The molecule has 2 rings (SSSR count). The number of nitrogens with two attached hydrogens (primary N) is 1. The monoisotopic (exact) mass is 297 g/mol. The van der Waals surface area contributed by atoms with Gasteiger partial charge < -0.3 is 10.5 Å². The molecule has 1 aliphatic rings. The van der Waals surface area contributed by atoms with Crippen molar-refractivity contribution in [1.82, 2.24) is 0 Å². The second-order valence-electron chi connectivity index (χ2n) is 7.01. The van der Waals surface area contributed by atoms with E-state index in [1.807, 2.05) is 0 Å². The second kappa shape index (κ2) is 5.65. The first-order valence-electron chi connectivity index (χ1n) is 7.48. The first kappa shape index (κ1) is 16.4. The molecular weight excluding hydrogens is 272 g/mol. The van der Waals surface area contributed by atoms with Crippen LogP contribution in [0, 0.1) is 24.0 Å². The number of hydrogen-bond acceptors (Lipinski definition) is 2. The Morgan fingerprint density at radius 3 is 2.19 bits per heavy atom. The molecule has 1 aromatic carbocycles. The van der Waals surface area contributed by atoms with Gasteiger partial charge in [-0.3, -0.25) is 0 Å². The number of hydrogen-bond donors (Lipinski definition) is 1. The lowest BCUT2D eigenvalue weighted by atomic mass is 9.67. The minimum absolute atomic E-state index is 0.208. The molecule has 0 amide bonds. The van der Waals surface area contributed by atoms with Crippen molar-refractivity contribution in [3.63, 3.8) is 0 Å². The SMILES string of the molecule is COC1(C(N)c2ccc(C)c(F)c2F)CCC(C)(C)CC1. The fourth-order valence-electron chi connectivity index (χ4n) is 3.18. The van der Waals surface area contributed by atoms with Gasteiger partial charge in [0.2, 0.25) is 0 Å². The molecule has 0 bridgehead atoms. The van der Waals surface area contributed by atoms with Crippen molar-refractivity contribution in [2.45, 2.75) is 58.1 Å². The fourth-order valence-corrected chi connectivity index (χ4v) is 3.18. The fraction of sp³-hybridized carbons (Fsp3) is 0.647. The summed E-state index contributed by atoms with van der Waals surface area (Å²) in [6.07, 6.45) is 3.44. The lowest BCUT2D eigenvalue weighted by Gasteiger charge is -2.46. The minimum atomic E-state index is -0.844. The Kier molecular flexibility index (Phi) is 4.41. The summed E-state index contributed by atoms with van der Waals surface area (Å²) in [4.78, 5) is 0. The predicted octanol–water partition coefficient (Wildman–Crippen LogP) is 4.26. The molecule has 1 unspecified atom stereocenters. The van der Waals surface area contributed by atoms with E-state index in [9.17, 15) is 8.78 Å². The molecular formula is C17H25F2NO. The van der Waals surface area contributed by atoms with Gasteiger partial charge in [0.1, 0.15) is 0 Å². The van der Waals surface area contributed by atoms with Crippen molar-refractivity contribution in [3.05, 3.63) is 34.9 Å². The Labute approximate surface area is 125 Å². The van der Waals surface area contributed by atoms with Gasteiger partial charge >= 0.3 is 0 Å². The van der Waals surface area contributed by atoms with E-state index in [4.69, 9.17) is 10.5 Å². The Morgan fingerprint density at radius 1 is 1.10 bits per heavy atom. The smallest absolute Gasteiger partial charge is 0.163 e. The van der Waals surface area contributed by atoms with Gasteiger partial charge in [0.05, 0.1) is 11.6 Å². The van der Waals surface area contributed by atoms with Gasteiger partial charge in [0, 0.05) is 12.7 Å². The molecule has 21 heavy (non-hydrogen) atoms. The third-order valence-electron chi connectivity index (χ3n) is 5.06. The van der Waals surface area contributed by atoms with Gasteiger partial charge in [-0.15, -0.1) is 0 Å². The molecule has 118 valence electrons. The molecule has 1 aromatic rings. The Hall–Kier alpha value is -1.00. The molecule has 1 aliphatic carbocycles. The van der Waals surface area contributed by atoms with E-state index in [0.717, 1.165) is 25.7 Å². The maximum atomic E-state index is 14.2. The average molecular weight is 297 g/mol. The number of benzene rings is 1. The first-order chi connectivity index (χ1) is 9.72. The second-order valence-corrected chi connectivity index (χ2v) is 7.01. The standard InChI is InChI=1S/C17H25F2NO/c1-11-5-6-12(14(19)13(11)18)15(20)17(21-4)9-7-16(2,3)8-10-17/h5-6,15H,7-10,20H2,1-4H3. The van der Waals surface area contributed by atoms with Crippen molar-refractivity contribution in [3.8, 4) is 0 Å². The van der Waals surface area contributed by atoms with Crippen LogP contribution in [0.1, 0.15) is 56.7 Å². The average Bonchev–Trinajstić information content (AvgIpc) is 2.45. The van der Waals surface area contributed by atoms with Crippen molar-refractivity contribution in [1.29, 1.82) is 0 Å². The van der Waals surface area contributed by atoms with Crippen LogP contribution in [-0.2, 0) is 4.74 Å². The van der Waals surface area contributed by atoms with Crippen LogP contribution in [0.2, 0.25) is 0 Å². The molecule has 0 aromatic heterocycles. The molecule has 0 radical (unpaired) electrons. The van der Waals surface area contributed by atoms with E-state index in [2.05, 4.69) is 13.8 Å². The topological polar surface area (TPSA) is 35.2 Å². The van der Waals surface area contributed by atoms with Crippen LogP contribution >= 0.6 is 0 Å². The highest BCUT2D eigenvalue weighted by atomic mass is 19.2. The molecule has 2 nitrogen and oxygen atoms in total. The highest BCUT2D eigenvalue weighted by Crippen LogP contribution is 2.47. The molecule has 1 saturated carbocycles. The van der Waals surface area contributed by atoms with Crippen LogP contribution < -0.4 is 5.73 Å². The lowest BCUT2D eigenvalue weighted by molar-refractivity contribution is -0.0801. The predicted molar refractivity (Wildman–Crippen MR) is 80.0 cm³/mol. The molecule has 0 heterocycles. The van der Waals surface area contributed by atoms with E-state index in [0.29, 0.717) is 5.56 Å². The van der Waals surface area contributed by atoms with E-state index in [1.165, 1.54) is 0 Å². The zero-order chi connectivity index (χ0) is 15.8. The number of methoxy groups -OCH3 is 1. The van der Waals surface area contributed by atoms with Gasteiger partial charge in [0.25, 0.3) is 0 Å². The normalized spacial score (nSPS) is 22.0. The highest BCUT2D eigenvalue weighted by molar-refractivity contribution is 5.30. The van der Waals surface area contributed by atoms with Crippen LogP contribution in [0.4, 0.5) is 8.78 Å². The Balaban J connectivity index is 2.33. The summed E-state index contributed by atoms with van der Waals surface area (Å²) in [5.41, 5.74) is 6.43. The summed E-state index contributed by atoms with van der Waals surface area (Å²) >= 11 is 0. The molecule has 1 atom stereocenters. The largest absolute Gasteiger partial charge is 0.376 e. The van der Waals surface area contributed by atoms with E-state index >= 15 is 0 Å². The molecule has 4 heteroatoms. The molecule has 0 aliphatic heterocycles. The summed E-state index contributed by atoms with van der Waals surface area (Å²) in [7, 11) is 1.61. The first-order valence-corrected chi connectivity index (χ1v) is 7.48. The molecule has 0 spiro atoms. The summed E-state index contributed by atoms with van der Waals surface area (Å²) < 4.78 is 33.7. The summed E-state index contributed by atoms with van der Waals surface area (Å²) in [6.45, 7) is 5.97. The lowest BCUT2D eigenvalue weighted by Crippen LogP contribution is -2.47. The van der Waals surface area contributed by atoms with Gasteiger partial charge in [-0.25, -0.2) is 8.78 Å². The van der Waals surface area contributed by atoms with Gasteiger partial charge in [0.15, 0.2) is 11.6 Å². The third kappa shape index (κ3) is 2.97. The zero-order valence-corrected chi connectivity index (χ0v) is 13.3. The number of ether oxygens (including phenoxy) is 1. The van der Waals surface area contributed by atoms with E-state index in [-0.39, 0.29) is 11.0 Å². The van der Waals surface area contributed by atoms with Crippen LogP contribution in [0.5, 0.6) is 0 Å². The minimum Gasteiger partial charge on any atom is -0.376 e. The van der Waals surface area contributed by atoms with Crippen LogP contribution in [-0.4, -0.2) is 12.7 Å². The maximum Gasteiger partial charge on any atom is 0.163 e. The highest BCUT2D eigenvalue weighted by Gasteiger charge is 2.44. The van der Waals surface area contributed by atoms with Crippen molar-refractivity contribution in [2.75, 3.05) is 7.11 Å².